The minimum atomic E-state index is -1.35. The summed E-state index contributed by atoms with van der Waals surface area (Å²) in [5.74, 6) is -0.276. The molecule has 0 aliphatic carbocycles. The number of nitrogens with zero attached hydrogens (tertiary/aromatic N) is 3. The molecule has 1 aromatic heterocycles. The fraction of sp³-hybridized carbons (Fsp3) is 0.0435. The van der Waals surface area contributed by atoms with Crippen LogP contribution in [0.25, 0.3) is 5.73 Å². The Bertz CT molecular complexity index is 1460. The number of hydrogen-bond acceptors (Lipinski definition) is 9. The van der Waals surface area contributed by atoms with E-state index >= 15 is 0 Å². The van der Waals surface area contributed by atoms with E-state index in [-0.39, 0.29) is 53.1 Å². The van der Waals surface area contributed by atoms with Crippen LogP contribution >= 0.6 is 11.6 Å². The molecule has 4 N–H and O–H groups in total. The summed E-state index contributed by atoms with van der Waals surface area (Å²) in [5.41, 5.74) is 8.61. The Labute approximate surface area is 214 Å². The average Bonchev–Trinajstić information content (AvgIpc) is 3.05. The van der Waals surface area contributed by atoms with Gasteiger partial charge in [-0.25, -0.2) is 9.78 Å². The normalized spacial score (nSPS) is 14.1. The van der Waals surface area contributed by atoms with E-state index in [4.69, 9.17) is 26.8 Å². The Morgan fingerprint density at radius 2 is 1.51 bits per heavy atom. The molecule has 168 valence electrons. The molecule has 0 saturated heterocycles. The van der Waals surface area contributed by atoms with Crippen molar-refractivity contribution in [3.8, 4) is 23.0 Å². The molecule has 3 aromatic carbocycles. The number of carbonyl (C=O) groups excluding carboxylic acids is 1. The van der Waals surface area contributed by atoms with Crippen molar-refractivity contribution in [2.45, 2.75) is 5.60 Å². The standard InChI is InChI=1S/C23H13ClN5O5.Li/c24-20-27-21(25)29-22(28-20)26-10-1-4-14-13(7-10)19(32)34-23(14)15-5-2-11(30)8-17(15)33-18-9-12(31)3-6-16(18)23;/h1-9H,(H4-,25,26,27,28,29,30,31);/q-1;+1. The molecule has 0 bridgehead atoms. The van der Waals surface area contributed by atoms with E-state index in [1.165, 1.54) is 24.3 Å². The zero-order chi connectivity index (χ0) is 23.6. The number of fused-ring (bicyclic) bond motifs is 6. The quantitative estimate of drug-likeness (QED) is 0.288. The molecule has 12 heteroatoms. The van der Waals surface area contributed by atoms with Crippen LogP contribution in [0.3, 0.4) is 0 Å². The van der Waals surface area contributed by atoms with Crippen LogP contribution in [0.15, 0.2) is 54.6 Å². The molecular weight excluding hydrogens is 469 g/mol. The van der Waals surface area contributed by atoms with E-state index in [0.29, 0.717) is 33.9 Å². The molecule has 4 aromatic rings. The second kappa shape index (κ2) is 8.06. The van der Waals surface area contributed by atoms with Crippen molar-refractivity contribution >= 4 is 35.2 Å². The van der Waals surface area contributed by atoms with Crippen LogP contribution in [0.2, 0.25) is 5.28 Å². The first-order chi connectivity index (χ1) is 16.3. The number of aromatic nitrogens is 3. The van der Waals surface area contributed by atoms with E-state index < -0.39 is 11.6 Å². The number of rotatable bonds is 2. The van der Waals surface area contributed by atoms with Gasteiger partial charge in [0.1, 0.15) is 23.0 Å². The molecule has 1 spiro atoms. The molecule has 0 saturated carbocycles. The van der Waals surface area contributed by atoms with Crippen LogP contribution in [-0.4, -0.2) is 31.1 Å². The first-order valence-electron chi connectivity index (χ1n) is 9.96. The number of benzene rings is 3. The minimum absolute atomic E-state index is 0. The maximum absolute atomic E-state index is 13.1. The molecule has 10 nitrogen and oxygen atoms in total. The number of carbonyl (C=O) groups is 1. The third-order valence-electron chi connectivity index (χ3n) is 5.64. The molecule has 35 heavy (non-hydrogen) atoms. The Kier molecular flexibility index (Phi) is 5.25. The number of ether oxygens (including phenoxy) is 2. The Morgan fingerprint density at radius 1 is 0.886 bits per heavy atom. The molecule has 6 rings (SSSR count). The topological polar surface area (TPSA) is 150 Å². The molecule has 0 radical (unpaired) electrons. The zero-order valence-electron chi connectivity index (χ0n) is 18.0. The number of phenolic OH excluding ortho intramolecular Hbond substituents is 2. The molecule has 0 atom stereocenters. The summed E-state index contributed by atoms with van der Waals surface area (Å²) in [4.78, 5) is 24.5. The van der Waals surface area contributed by atoms with Crippen molar-refractivity contribution in [2.24, 2.45) is 0 Å². The predicted molar refractivity (Wildman–Crippen MR) is 120 cm³/mol. The summed E-state index contributed by atoms with van der Waals surface area (Å²) in [7, 11) is 0. The Balaban J connectivity index is 0.00000253. The van der Waals surface area contributed by atoms with Gasteiger partial charge in [0.15, 0.2) is 16.8 Å². The number of anilines is 2. The summed E-state index contributed by atoms with van der Waals surface area (Å²) in [6.45, 7) is 0. The van der Waals surface area contributed by atoms with Gasteiger partial charge < -0.3 is 40.7 Å². The van der Waals surface area contributed by atoms with E-state index in [1.807, 2.05) is 0 Å². The van der Waals surface area contributed by atoms with Gasteiger partial charge in [0.05, 0.1) is 5.56 Å². The summed E-state index contributed by atoms with van der Waals surface area (Å²) >= 11 is 5.80. The number of phenols is 2. The third kappa shape index (κ3) is 3.51. The van der Waals surface area contributed by atoms with E-state index in [1.54, 1.807) is 30.3 Å². The fourth-order valence-electron chi connectivity index (χ4n) is 4.32. The van der Waals surface area contributed by atoms with Crippen molar-refractivity contribution in [3.05, 3.63) is 87.9 Å². The second-order valence-electron chi connectivity index (χ2n) is 7.67. The third-order valence-corrected chi connectivity index (χ3v) is 5.81. The van der Waals surface area contributed by atoms with Gasteiger partial charge in [-0.05, 0) is 36.4 Å². The fourth-order valence-corrected chi connectivity index (χ4v) is 4.48. The van der Waals surface area contributed by atoms with E-state index in [2.05, 4.69) is 20.3 Å². The van der Waals surface area contributed by atoms with E-state index in [0.717, 1.165) is 0 Å². The van der Waals surface area contributed by atoms with Gasteiger partial charge in [0, 0.05) is 40.5 Å². The molecular formula is C23H13ClLiN5O5. The molecule has 0 amide bonds. The van der Waals surface area contributed by atoms with Gasteiger partial charge in [-0.2, -0.15) is 0 Å². The van der Waals surface area contributed by atoms with Gasteiger partial charge in [0.2, 0.25) is 0 Å². The molecule has 3 heterocycles. The second-order valence-corrected chi connectivity index (χ2v) is 8.01. The zero-order valence-corrected chi connectivity index (χ0v) is 18.8. The summed E-state index contributed by atoms with van der Waals surface area (Å²) < 4.78 is 12.0. The van der Waals surface area contributed by atoms with Crippen LogP contribution < -0.4 is 28.9 Å². The summed E-state index contributed by atoms with van der Waals surface area (Å²) in [6, 6.07) is 14.1. The van der Waals surface area contributed by atoms with Crippen molar-refractivity contribution in [1.82, 2.24) is 15.0 Å². The van der Waals surface area contributed by atoms with Crippen molar-refractivity contribution in [2.75, 3.05) is 5.32 Å². The predicted octanol–water partition coefficient (Wildman–Crippen LogP) is 1.94. The van der Waals surface area contributed by atoms with Crippen LogP contribution in [0.5, 0.6) is 23.0 Å². The van der Waals surface area contributed by atoms with Crippen LogP contribution in [0.1, 0.15) is 27.0 Å². The summed E-state index contributed by atoms with van der Waals surface area (Å²) in [6.07, 6.45) is 0. The number of hydrogen-bond donors (Lipinski definition) is 3. The van der Waals surface area contributed by atoms with Gasteiger partial charge >= 0.3 is 24.8 Å². The van der Waals surface area contributed by atoms with Crippen LogP contribution in [0, 0.1) is 0 Å². The first-order valence-corrected chi connectivity index (χ1v) is 10.3. The number of esters is 1. The van der Waals surface area contributed by atoms with Crippen LogP contribution in [0.4, 0.5) is 17.6 Å². The van der Waals surface area contributed by atoms with Crippen LogP contribution in [-0.2, 0) is 10.3 Å². The van der Waals surface area contributed by atoms with Gasteiger partial charge in [-0.1, -0.05) is 17.7 Å². The largest absolute Gasteiger partial charge is 1.00 e. The number of halogens is 1. The molecule has 2 aliphatic rings. The average molecular weight is 482 g/mol. The SMILES string of the molecule is [Li+].[NH-]c1nc(Cl)nc(Nc2ccc3c(c2)C(=O)OC32c3ccc(O)cc3Oc3cc(O)ccc32)n1. The smallest absolute Gasteiger partial charge is 0.508 e. The van der Waals surface area contributed by atoms with Crippen molar-refractivity contribution in [1.29, 1.82) is 0 Å². The minimum Gasteiger partial charge on any atom is -0.508 e. The Morgan fingerprint density at radius 3 is 2.14 bits per heavy atom. The van der Waals surface area contributed by atoms with Gasteiger partial charge in [-0.15, -0.1) is 0 Å². The Hall–Kier alpha value is -3.97. The van der Waals surface area contributed by atoms with Gasteiger partial charge in [0.25, 0.3) is 0 Å². The molecule has 0 unspecified atom stereocenters. The maximum atomic E-state index is 13.1. The number of aromatic hydroxyl groups is 2. The van der Waals surface area contributed by atoms with Crippen molar-refractivity contribution in [3.63, 3.8) is 0 Å². The molecule has 2 aliphatic heterocycles. The monoisotopic (exact) mass is 481 g/mol. The number of nitrogens with one attached hydrogen (secondary N) is 2. The van der Waals surface area contributed by atoms with E-state index in [9.17, 15) is 15.0 Å². The molecule has 0 fully saturated rings. The van der Waals surface area contributed by atoms with Gasteiger partial charge in [-0.3, -0.25) is 0 Å². The summed E-state index contributed by atoms with van der Waals surface area (Å²) in [5, 5.41) is 22.8. The maximum Gasteiger partial charge on any atom is 1.00 e. The first kappa shape index (κ1) is 22.8. The van der Waals surface area contributed by atoms with Crippen molar-refractivity contribution < 1.29 is 43.3 Å².